The molecule has 1 rings (SSSR count). The minimum Gasteiger partial charge on any atom is -0.166 e. The molecule has 1 aromatic carbocycles. The van der Waals surface area contributed by atoms with Gasteiger partial charge in [-0.05, 0) is 24.1 Å². The second kappa shape index (κ2) is 5.96. The molecule has 0 radical (unpaired) electrons. The molecule has 0 aliphatic heterocycles. The van der Waals surface area contributed by atoms with E-state index in [0.29, 0.717) is 10.8 Å². The molecule has 0 amide bonds. The monoisotopic (exact) mass is 312 g/mol. The number of hydrogen-bond donors (Lipinski definition) is 0. The van der Waals surface area contributed by atoms with Crippen molar-refractivity contribution >= 4 is 27.7 Å². The van der Waals surface area contributed by atoms with Crippen LogP contribution in [0.2, 0.25) is 0 Å². The summed E-state index contributed by atoms with van der Waals surface area (Å²) >= 11 is 4.79. The second-order valence-corrected chi connectivity index (χ2v) is 5.34. The summed E-state index contributed by atoms with van der Waals surface area (Å²) in [7, 11) is 0. The zero-order valence-electron chi connectivity index (χ0n) is 8.72. The molecule has 1 atom stereocenters. The molecule has 16 heavy (non-hydrogen) atoms. The van der Waals surface area contributed by atoms with Crippen molar-refractivity contribution in [3.8, 4) is 0 Å². The average Bonchev–Trinajstić information content (AvgIpc) is 2.25. The minimum atomic E-state index is -4.25. The SMILES string of the molecule is CC(CBr)CSc1cccc(C(F)(F)F)c1. The molecule has 0 N–H and O–H groups in total. The third-order valence-electron chi connectivity index (χ3n) is 1.96. The fourth-order valence-electron chi connectivity index (χ4n) is 1.05. The Bertz CT molecular complexity index is 338. The van der Waals surface area contributed by atoms with Gasteiger partial charge in [0.25, 0.3) is 0 Å². The molecule has 0 aliphatic carbocycles. The maximum Gasteiger partial charge on any atom is 0.416 e. The summed E-state index contributed by atoms with van der Waals surface area (Å²) in [5.74, 6) is 1.26. The van der Waals surface area contributed by atoms with Crippen molar-refractivity contribution in [3.05, 3.63) is 29.8 Å². The van der Waals surface area contributed by atoms with E-state index in [0.717, 1.165) is 17.1 Å². The highest BCUT2D eigenvalue weighted by molar-refractivity contribution is 9.09. The van der Waals surface area contributed by atoms with Crippen LogP contribution >= 0.6 is 27.7 Å². The molecule has 1 aromatic rings. The molecule has 90 valence electrons. The van der Waals surface area contributed by atoms with Gasteiger partial charge in [-0.25, -0.2) is 0 Å². The van der Waals surface area contributed by atoms with Crippen molar-refractivity contribution < 1.29 is 13.2 Å². The summed E-state index contributed by atoms with van der Waals surface area (Å²) in [6.07, 6.45) is -4.25. The number of rotatable bonds is 4. The van der Waals surface area contributed by atoms with Gasteiger partial charge in [-0.2, -0.15) is 13.2 Å². The number of hydrogen-bond acceptors (Lipinski definition) is 1. The van der Waals surface area contributed by atoms with Gasteiger partial charge >= 0.3 is 6.18 Å². The Morgan fingerprint density at radius 3 is 2.62 bits per heavy atom. The zero-order valence-corrected chi connectivity index (χ0v) is 11.1. The Kier molecular flexibility index (Phi) is 5.18. The summed E-state index contributed by atoms with van der Waals surface area (Å²) < 4.78 is 37.2. The van der Waals surface area contributed by atoms with Gasteiger partial charge in [-0.1, -0.05) is 28.9 Å². The van der Waals surface area contributed by atoms with Crippen LogP contribution in [0.3, 0.4) is 0 Å². The molecule has 0 nitrogen and oxygen atoms in total. The van der Waals surface area contributed by atoms with Gasteiger partial charge in [0.05, 0.1) is 5.56 Å². The molecule has 0 spiro atoms. The molecular formula is C11H12BrF3S. The first kappa shape index (κ1) is 13.9. The highest BCUT2D eigenvalue weighted by atomic mass is 79.9. The van der Waals surface area contributed by atoms with Crippen LogP contribution in [0.15, 0.2) is 29.2 Å². The zero-order chi connectivity index (χ0) is 12.2. The molecule has 0 bridgehead atoms. The van der Waals surface area contributed by atoms with E-state index in [9.17, 15) is 13.2 Å². The van der Waals surface area contributed by atoms with E-state index in [1.165, 1.54) is 23.9 Å². The third-order valence-corrected chi connectivity index (χ3v) is 4.39. The Labute approximate surface area is 106 Å². The van der Waals surface area contributed by atoms with E-state index < -0.39 is 11.7 Å². The van der Waals surface area contributed by atoms with E-state index in [2.05, 4.69) is 22.9 Å². The van der Waals surface area contributed by atoms with Crippen molar-refractivity contribution in [2.24, 2.45) is 5.92 Å². The Morgan fingerprint density at radius 1 is 1.38 bits per heavy atom. The van der Waals surface area contributed by atoms with Gasteiger partial charge in [-0.15, -0.1) is 11.8 Å². The van der Waals surface area contributed by atoms with Crippen LogP contribution in [0.1, 0.15) is 12.5 Å². The van der Waals surface area contributed by atoms with Crippen molar-refractivity contribution in [2.75, 3.05) is 11.1 Å². The van der Waals surface area contributed by atoms with E-state index in [1.807, 2.05) is 0 Å². The van der Waals surface area contributed by atoms with Gasteiger partial charge in [-0.3, -0.25) is 0 Å². The Balaban J connectivity index is 2.68. The number of benzene rings is 1. The van der Waals surface area contributed by atoms with Crippen LogP contribution in [-0.2, 0) is 6.18 Å². The Hall–Kier alpha value is -0.160. The summed E-state index contributed by atoms with van der Waals surface area (Å²) in [5, 5.41) is 0.860. The number of halogens is 4. The first-order valence-corrected chi connectivity index (χ1v) is 6.90. The highest BCUT2D eigenvalue weighted by Gasteiger charge is 2.30. The molecule has 5 heteroatoms. The second-order valence-electron chi connectivity index (χ2n) is 3.60. The lowest BCUT2D eigenvalue weighted by Gasteiger charge is -2.10. The van der Waals surface area contributed by atoms with E-state index in [1.54, 1.807) is 6.07 Å². The normalized spacial score (nSPS) is 13.8. The summed E-state index contributed by atoms with van der Waals surface area (Å²) in [4.78, 5) is 0.669. The van der Waals surface area contributed by atoms with E-state index >= 15 is 0 Å². The van der Waals surface area contributed by atoms with Crippen molar-refractivity contribution in [1.82, 2.24) is 0 Å². The molecule has 0 aromatic heterocycles. The van der Waals surface area contributed by atoms with E-state index in [4.69, 9.17) is 0 Å². The smallest absolute Gasteiger partial charge is 0.166 e. The lowest BCUT2D eigenvalue weighted by Crippen LogP contribution is -2.04. The van der Waals surface area contributed by atoms with Crippen LogP contribution in [-0.4, -0.2) is 11.1 Å². The molecule has 0 fully saturated rings. The Morgan fingerprint density at radius 2 is 2.06 bits per heavy atom. The third kappa shape index (κ3) is 4.37. The predicted octanol–water partition coefficient (Wildman–Crippen LogP) is 4.83. The van der Waals surface area contributed by atoms with Gasteiger partial charge in [0.15, 0.2) is 0 Å². The topological polar surface area (TPSA) is 0 Å². The number of alkyl halides is 4. The number of thioether (sulfide) groups is 1. The standard InChI is InChI=1S/C11H12BrF3S/c1-8(6-12)7-16-10-4-2-3-9(5-10)11(13,14)15/h2-5,8H,6-7H2,1H3. The van der Waals surface area contributed by atoms with Gasteiger partial charge in [0, 0.05) is 16.0 Å². The fraction of sp³-hybridized carbons (Fsp3) is 0.455. The van der Waals surface area contributed by atoms with Crippen LogP contribution in [0, 0.1) is 5.92 Å². The minimum absolute atomic E-state index is 0.444. The molecule has 0 saturated heterocycles. The summed E-state index contributed by atoms with van der Waals surface area (Å²) in [5.41, 5.74) is -0.580. The van der Waals surface area contributed by atoms with Gasteiger partial charge < -0.3 is 0 Å². The quantitative estimate of drug-likeness (QED) is 0.567. The maximum absolute atomic E-state index is 12.4. The first-order valence-electron chi connectivity index (χ1n) is 4.79. The average molecular weight is 313 g/mol. The lowest BCUT2D eigenvalue weighted by molar-refractivity contribution is -0.137. The highest BCUT2D eigenvalue weighted by Crippen LogP contribution is 2.32. The van der Waals surface area contributed by atoms with Crippen molar-refractivity contribution in [2.45, 2.75) is 18.0 Å². The first-order chi connectivity index (χ1) is 7.43. The molecule has 0 saturated carbocycles. The van der Waals surface area contributed by atoms with Crippen LogP contribution in [0.5, 0.6) is 0 Å². The van der Waals surface area contributed by atoms with Gasteiger partial charge in [0.1, 0.15) is 0 Å². The molecule has 0 aliphatic rings. The molecule has 1 unspecified atom stereocenters. The summed E-state index contributed by atoms with van der Waals surface area (Å²) in [6, 6.07) is 5.45. The maximum atomic E-state index is 12.4. The predicted molar refractivity (Wildman–Crippen MR) is 65.1 cm³/mol. The molecule has 0 heterocycles. The van der Waals surface area contributed by atoms with Crippen LogP contribution in [0.4, 0.5) is 13.2 Å². The van der Waals surface area contributed by atoms with E-state index in [-0.39, 0.29) is 0 Å². The largest absolute Gasteiger partial charge is 0.416 e. The van der Waals surface area contributed by atoms with Crippen LogP contribution in [0.25, 0.3) is 0 Å². The van der Waals surface area contributed by atoms with Gasteiger partial charge in [0.2, 0.25) is 0 Å². The summed E-state index contributed by atoms with van der Waals surface area (Å²) in [6.45, 7) is 2.05. The van der Waals surface area contributed by atoms with Crippen LogP contribution < -0.4 is 0 Å². The van der Waals surface area contributed by atoms with Crippen molar-refractivity contribution in [3.63, 3.8) is 0 Å². The lowest BCUT2D eigenvalue weighted by atomic mass is 10.2. The fourth-order valence-corrected chi connectivity index (χ4v) is 2.56. The van der Waals surface area contributed by atoms with Crippen molar-refractivity contribution in [1.29, 1.82) is 0 Å². The molecular weight excluding hydrogens is 301 g/mol.